The molecule has 2 aromatic rings. The van der Waals surface area contributed by atoms with Gasteiger partial charge >= 0.3 is 0 Å². The topological polar surface area (TPSA) is 63.6 Å². The second kappa shape index (κ2) is 4.03. The Hall–Kier alpha value is -2.95. The Balaban J connectivity index is 2.10. The number of para-hydroxylation sites is 1. The smallest absolute Gasteiger partial charge is 0.282 e. The molecule has 0 unspecified atom stereocenters. The minimum atomic E-state index is -0.144. The quantitative estimate of drug-likeness (QED) is 0.572. The normalized spacial score (nSPS) is 11.2. The molecule has 1 aromatic carbocycles. The monoisotopic (exact) mass is 262 g/mol. The Morgan fingerprint density at radius 1 is 1.05 bits per heavy atom. The van der Waals surface area contributed by atoms with Crippen LogP contribution in [0, 0.1) is 0 Å². The molecule has 0 spiro atoms. The highest BCUT2D eigenvalue weighted by Gasteiger charge is 2.19. The number of hydrogen-bond donors (Lipinski definition) is 1. The van der Waals surface area contributed by atoms with Crippen LogP contribution in [-0.4, -0.2) is 19.7 Å². The number of hydrogen-bond acceptors (Lipinski definition) is 3. The predicted octanol–water partition coefficient (Wildman–Crippen LogP) is 2.21. The van der Waals surface area contributed by atoms with Gasteiger partial charge in [0.05, 0.1) is 16.8 Å². The molecule has 96 valence electrons. The number of rotatable bonds is 1. The first-order valence-corrected chi connectivity index (χ1v) is 6.25. The van der Waals surface area contributed by atoms with Crippen LogP contribution in [-0.2, 0) is 0 Å². The van der Waals surface area contributed by atoms with Crippen molar-refractivity contribution in [3.63, 3.8) is 0 Å². The van der Waals surface area contributed by atoms with Crippen molar-refractivity contribution in [2.24, 2.45) is 0 Å². The molecule has 4 rings (SSSR count). The second-order valence-electron chi connectivity index (χ2n) is 4.50. The maximum Gasteiger partial charge on any atom is 0.282 e. The molecule has 2 aliphatic heterocycles. The van der Waals surface area contributed by atoms with Crippen LogP contribution in [0.15, 0.2) is 59.7 Å². The van der Waals surface area contributed by atoms with E-state index in [4.69, 9.17) is 0 Å². The van der Waals surface area contributed by atoms with E-state index in [9.17, 15) is 4.79 Å². The highest BCUT2D eigenvalue weighted by molar-refractivity contribution is 5.89. The van der Waals surface area contributed by atoms with Crippen molar-refractivity contribution in [3.8, 4) is 16.9 Å². The van der Waals surface area contributed by atoms with Gasteiger partial charge in [0, 0.05) is 12.4 Å². The first-order valence-electron chi connectivity index (χ1n) is 6.25. The lowest BCUT2D eigenvalue weighted by atomic mass is 10.2. The van der Waals surface area contributed by atoms with E-state index >= 15 is 0 Å². The molecule has 1 aromatic heterocycles. The standard InChI is InChI=1S/C15H10N4O/c20-15-11-9-17-12-7-4-8-16-14(12)13(11)18-19(15)10-5-2-1-3-6-10/h1-9,17H. The van der Waals surface area contributed by atoms with Crippen LogP contribution < -0.4 is 5.56 Å². The zero-order valence-electron chi connectivity index (χ0n) is 10.4. The molecule has 0 radical (unpaired) electrons. The summed E-state index contributed by atoms with van der Waals surface area (Å²) in [4.78, 5) is 19.8. The number of aromatic amines is 1. The number of nitrogens with zero attached hydrogens (tertiary/aromatic N) is 3. The number of benzene rings is 1. The first kappa shape index (κ1) is 10.9. The summed E-state index contributed by atoms with van der Waals surface area (Å²) < 4.78 is 1.41. The van der Waals surface area contributed by atoms with E-state index in [-0.39, 0.29) is 5.56 Å². The summed E-state index contributed by atoms with van der Waals surface area (Å²) in [5, 5.41) is 4.43. The molecule has 20 heavy (non-hydrogen) atoms. The zero-order valence-corrected chi connectivity index (χ0v) is 10.4. The van der Waals surface area contributed by atoms with Crippen LogP contribution in [0.25, 0.3) is 28.0 Å². The number of H-pyrrole nitrogens is 1. The fourth-order valence-corrected chi connectivity index (χ4v) is 2.32. The van der Waals surface area contributed by atoms with Crippen molar-refractivity contribution in [2.75, 3.05) is 0 Å². The van der Waals surface area contributed by atoms with Gasteiger partial charge in [0.2, 0.25) is 0 Å². The second-order valence-corrected chi connectivity index (χ2v) is 4.50. The van der Waals surface area contributed by atoms with Crippen LogP contribution in [0.5, 0.6) is 0 Å². The Labute approximate surface area is 113 Å². The molecule has 5 heteroatoms. The van der Waals surface area contributed by atoms with Crippen LogP contribution in [0.4, 0.5) is 0 Å². The Morgan fingerprint density at radius 2 is 1.90 bits per heavy atom. The van der Waals surface area contributed by atoms with Gasteiger partial charge in [-0.1, -0.05) is 18.2 Å². The van der Waals surface area contributed by atoms with Gasteiger partial charge in [-0.05, 0) is 24.3 Å². The third-order valence-corrected chi connectivity index (χ3v) is 3.28. The minimum Gasteiger partial charge on any atom is -0.359 e. The molecule has 0 bridgehead atoms. The van der Waals surface area contributed by atoms with Gasteiger partial charge in [-0.25, -0.2) is 0 Å². The van der Waals surface area contributed by atoms with Gasteiger partial charge in [-0.3, -0.25) is 9.78 Å². The van der Waals surface area contributed by atoms with Gasteiger partial charge in [-0.2, -0.15) is 9.78 Å². The highest BCUT2D eigenvalue weighted by Crippen LogP contribution is 2.23. The largest absolute Gasteiger partial charge is 0.359 e. The lowest BCUT2D eigenvalue weighted by molar-refractivity contribution is 0.858. The fraction of sp³-hybridized carbons (Fsp3) is 0. The van der Waals surface area contributed by atoms with E-state index in [1.165, 1.54) is 4.68 Å². The minimum absolute atomic E-state index is 0.144. The molecule has 0 saturated carbocycles. The summed E-state index contributed by atoms with van der Waals surface area (Å²) >= 11 is 0. The number of nitrogens with one attached hydrogen (secondary N) is 1. The SMILES string of the molecule is O=c1c2c[nH]c3cccnc3c-2nn1-c1ccccc1. The molecule has 2 aliphatic rings. The van der Waals surface area contributed by atoms with E-state index in [0.29, 0.717) is 16.8 Å². The summed E-state index contributed by atoms with van der Waals surface area (Å²) in [6.07, 6.45) is 3.38. The Bertz CT molecular complexity index is 924. The Morgan fingerprint density at radius 3 is 2.75 bits per heavy atom. The van der Waals surface area contributed by atoms with E-state index in [1.54, 1.807) is 12.4 Å². The lowest BCUT2D eigenvalue weighted by Gasteiger charge is -2.00. The van der Waals surface area contributed by atoms with Crippen molar-refractivity contribution in [3.05, 3.63) is 65.2 Å². The third-order valence-electron chi connectivity index (χ3n) is 3.28. The van der Waals surface area contributed by atoms with Crippen LogP contribution >= 0.6 is 0 Å². The molecule has 0 fully saturated rings. The molecule has 0 saturated heterocycles. The molecular formula is C15H10N4O. The van der Waals surface area contributed by atoms with E-state index in [1.807, 2.05) is 42.5 Å². The highest BCUT2D eigenvalue weighted by atomic mass is 16.1. The van der Waals surface area contributed by atoms with Crippen molar-refractivity contribution >= 4 is 11.0 Å². The van der Waals surface area contributed by atoms with E-state index in [0.717, 1.165) is 11.2 Å². The number of aromatic nitrogens is 4. The summed E-state index contributed by atoms with van der Waals surface area (Å²) in [5.74, 6) is 0. The summed E-state index contributed by atoms with van der Waals surface area (Å²) in [7, 11) is 0. The molecular weight excluding hydrogens is 252 g/mol. The zero-order chi connectivity index (χ0) is 13.5. The molecule has 5 nitrogen and oxygen atoms in total. The van der Waals surface area contributed by atoms with Crippen molar-refractivity contribution in [2.45, 2.75) is 0 Å². The van der Waals surface area contributed by atoms with Gasteiger partial charge in [-0.15, -0.1) is 0 Å². The van der Waals surface area contributed by atoms with Gasteiger partial charge < -0.3 is 4.98 Å². The van der Waals surface area contributed by atoms with Gasteiger partial charge in [0.1, 0.15) is 11.2 Å². The third kappa shape index (κ3) is 1.46. The molecule has 0 atom stereocenters. The van der Waals surface area contributed by atoms with E-state index in [2.05, 4.69) is 15.1 Å². The lowest BCUT2D eigenvalue weighted by Crippen LogP contribution is -2.14. The molecule has 0 amide bonds. The maximum absolute atomic E-state index is 12.4. The predicted molar refractivity (Wildman–Crippen MR) is 76.1 cm³/mol. The van der Waals surface area contributed by atoms with Crippen molar-refractivity contribution < 1.29 is 0 Å². The molecule has 3 heterocycles. The van der Waals surface area contributed by atoms with Gasteiger partial charge in [0.25, 0.3) is 5.56 Å². The van der Waals surface area contributed by atoms with Crippen LogP contribution in [0.3, 0.4) is 0 Å². The van der Waals surface area contributed by atoms with Crippen LogP contribution in [0.2, 0.25) is 0 Å². The average Bonchev–Trinajstić information content (AvgIpc) is 2.86. The van der Waals surface area contributed by atoms with Crippen molar-refractivity contribution in [1.82, 2.24) is 19.7 Å². The summed E-state index contributed by atoms with van der Waals surface area (Å²) in [6.45, 7) is 0. The first-order chi connectivity index (χ1) is 9.84. The summed E-state index contributed by atoms with van der Waals surface area (Å²) in [5.41, 5.74) is 3.33. The van der Waals surface area contributed by atoms with E-state index < -0.39 is 0 Å². The number of pyridine rings is 2. The Kier molecular flexibility index (Phi) is 2.20. The van der Waals surface area contributed by atoms with Crippen molar-refractivity contribution in [1.29, 1.82) is 0 Å². The average molecular weight is 262 g/mol. The maximum atomic E-state index is 12.4. The summed E-state index contributed by atoms with van der Waals surface area (Å²) in [6, 6.07) is 13.1. The molecule has 1 N–H and O–H groups in total. The van der Waals surface area contributed by atoms with Crippen LogP contribution in [0.1, 0.15) is 0 Å². The number of fused-ring (bicyclic) bond motifs is 3. The molecule has 0 aliphatic carbocycles. The van der Waals surface area contributed by atoms with Gasteiger partial charge in [0.15, 0.2) is 0 Å². The fourth-order valence-electron chi connectivity index (χ4n) is 2.32.